The van der Waals surface area contributed by atoms with Gasteiger partial charge in [0.2, 0.25) is 0 Å². The standard InChI is InChI=1S/C6H11NO2/c1-4-3-6(4,7)5(8)9-2/h4H,3,7H2,1-2H3/t4?,6-/m1/s1. The van der Waals surface area contributed by atoms with Crippen LogP contribution in [0.25, 0.3) is 0 Å². The number of methoxy groups -OCH3 is 1. The first-order chi connectivity index (χ1) is 4.11. The Morgan fingerprint density at radius 1 is 1.89 bits per heavy atom. The van der Waals surface area contributed by atoms with Crippen LogP contribution in [0.2, 0.25) is 0 Å². The third-order valence-corrected chi connectivity index (χ3v) is 1.93. The third kappa shape index (κ3) is 0.812. The highest BCUT2D eigenvalue weighted by Crippen LogP contribution is 2.40. The number of carbonyl (C=O) groups excluding carboxylic acids is 1. The SMILES string of the molecule is COC(=O)[C@@]1(N)CC1C. The van der Waals surface area contributed by atoms with Crippen molar-refractivity contribution in [2.45, 2.75) is 18.9 Å². The topological polar surface area (TPSA) is 52.3 Å². The van der Waals surface area contributed by atoms with Crippen molar-refractivity contribution < 1.29 is 9.53 Å². The van der Waals surface area contributed by atoms with Crippen LogP contribution >= 0.6 is 0 Å². The van der Waals surface area contributed by atoms with Gasteiger partial charge < -0.3 is 10.5 Å². The van der Waals surface area contributed by atoms with E-state index < -0.39 is 5.54 Å². The van der Waals surface area contributed by atoms with E-state index in [0.717, 1.165) is 6.42 Å². The number of rotatable bonds is 1. The highest BCUT2D eigenvalue weighted by molar-refractivity contribution is 5.84. The van der Waals surface area contributed by atoms with Gasteiger partial charge in [-0.15, -0.1) is 0 Å². The minimum atomic E-state index is -0.644. The lowest BCUT2D eigenvalue weighted by Crippen LogP contribution is -2.35. The molecule has 52 valence electrons. The molecule has 0 heterocycles. The maximum atomic E-state index is 10.8. The molecule has 0 aliphatic heterocycles. The van der Waals surface area contributed by atoms with Crippen LogP contribution in [0.1, 0.15) is 13.3 Å². The zero-order valence-electron chi connectivity index (χ0n) is 5.68. The second kappa shape index (κ2) is 1.70. The average molecular weight is 129 g/mol. The van der Waals surface area contributed by atoms with E-state index in [2.05, 4.69) is 4.74 Å². The summed E-state index contributed by atoms with van der Waals surface area (Å²) in [6, 6.07) is 0. The van der Waals surface area contributed by atoms with E-state index in [4.69, 9.17) is 5.73 Å². The number of ether oxygens (including phenoxy) is 1. The second-order valence-electron chi connectivity index (χ2n) is 2.64. The van der Waals surface area contributed by atoms with Crippen molar-refractivity contribution >= 4 is 5.97 Å². The summed E-state index contributed by atoms with van der Waals surface area (Å²) in [5, 5.41) is 0. The molecule has 1 rings (SSSR count). The molecule has 3 heteroatoms. The molecular weight excluding hydrogens is 118 g/mol. The second-order valence-corrected chi connectivity index (χ2v) is 2.64. The molecular formula is C6H11NO2. The van der Waals surface area contributed by atoms with E-state index in [0.29, 0.717) is 5.92 Å². The van der Waals surface area contributed by atoms with Crippen LogP contribution < -0.4 is 5.73 Å². The Kier molecular flexibility index (Phi) is 1.24. The molecule has 1 aliphatic rings. The van der Waals surface area contributed by atoms with E-state index >= 15 is 0 Å². The molecule has 1 aliphatic carbocycles. The molecule has 0 aromatic carbocycles. The molecule has 1 fully saturated rings. The van der Waals surface area contributed by atoms with Crippen molar-refractivity contribution in [2.24, 2.45) is 11.7 Å². The van der Waals surface area contributed by atoms with Gasteiger partial charge in [0.15, 0.2) is 0 Å². The summed E-state index contributed by atoms with van der Waals surface area (Å²) < 4.78 is 4.48. The Bertz CT molecular complexity index is 146. The third-order valence-electron chi connectivity index (χ3n) is 1.93. The molecule has 3 nitrogen and oxygen atoms in total. The summed E-state index contributed by atoms with van der Waals surface area (Å²) in [4.78, 5) is 10.8. The fourth-order valence-corrected chi connectivity index (χ4v) is 0.922. The summed E-state index contributed by atoms with van der Waals surface area (Å²) in [7, 11) is 1.36. The van der Waals surface area contributed by atoms with E-state index in [-0.39, 0.29) is 5.97 Å². The number of carbonyl (C=O) groups is 1. The van der Waals surface area contributed by atoms with Gasteiger partial charge in [-0.2, -0.15) is 0 Å². The van der Waals surface area contributed by atoms with E-state index in [1.54, 1.807) is 0 Å². The fourth-order valence-electron chi connectivity index (χ4n) is 0.922. The lowest BCUT2D eigenvalue weighted by molar-refractivity contribution is -0.143. The molecule has 2 atom stereocenters. The minimum absolute atomic E-state index is 0.282. The molecule has 0 spiro atoms. The molecule has 0 aromatic rings. The first-order valence-corrected chi connectivity index (χ1v) is 2.98. The number of hydrogen-bond acceptors (Lipinski definition) is 3. The first-order valence-electron chi connectivity index (χ1n) is 2.98. The first kappa shape index (κ1) is 6.55. The molecule has 1 saturated carbocycles. The van der Waals surface area contributed by atoms with Crippen LogP contribution in [-0.4, -0.2) is 18.6 Å². The smallest absolute Gasteiger partial charge is 0.326 e. The Morgan fingerprint density at radius 3 is 2.44 bits per heavy atom. The van der Waals surface area contributed by atoms with Gasteiger partial charge in [-0.05, 0) is 12.3 Å². The normalized spacial score (nSPS) is 40.1. The van der Waals surface area contributed by atoms with Gasteiger partial charge in [0.1, 0.15) is 5.54 Å². The lowest BCUT2D eigenvalue weighted by Gasteiger charge is -2.04. The predicted molar refractivity (Wildman–Crippen MR) is 32.7 cm³/mol. The quantitative estimate of drug-likeness (QED) is 0.503. The zero-order valence-corrected chi connectivity index (χ0v) is 5.68. The molecule has 0 radical (unpaired) electrons. The summed E-state index contributed by atoms with van der Waals surface area (Å²) in [6.45, 7) is 1.94. The van der Waals surface area contributed by atoms with Gasteiger partial charge in [0.25, 0.3) is 0 Å². The average Bonchev–Trinajstić information content (AvgIpc) is 2.41. The Morgan fingerprint density at radius 2 is 2.33 bits per heavy atom. The van der Waals surface area contributed by atoms with Crippen molar-refractivity contribution in [3.63, 3.8) is 0 Å². The van der Waals surface area contributed by atoms with Crippen LogP contribution in [0.15, 0.2) is 0 Å². The highest BCUT2D eigenvalue weighted by Gasteiger charge is 2.55. The van der Waals surface area contributed by atoms with E-state index in [1.165, 1.54) is 7.11 Å². The molecule has 0 saturated heterocycles. The molecule has 1 unspecified atom stereocenters. The lowest BCUT2D eigenvalue weighted by atomic mass is 10.2. The van der Waals surface area contributed by atoms with Crippen LogP contribution in [-0.2, 0) is 9.53 Å². The predicted octanol–water partition coefficient (Wildman–Crippen LogP) is -0.103. The molecule has 2 N–H and O–H groups in total. The number of hydrogen-bond donors (Lipinski definition) is 1. The largest absolute Gasteiger partial charge is 0.468 e. The van der Waals surface area contributed by atoms with Crippen LogP contribution in [0.5, 0.6) is 0 Å². The molecule has 0 bridgehead atoms. The summed E-state index contributed by atoms with van der Waals surface area (Å²) in [6.07, 6.45) is 0.764. The molecule has 0 aromatic heterocycles. The summed E-state index contributed by atoms with van der Waals surface area (Å²) >= 11 is 0. The van der Waals surface area contributed by atoms with Crippen LogP contribution in [0, 0.1) is 5.92 Å². The maximum absolute atomic E-state index is 10.8. The van der Waals surface area contributed by atoms with Gasteiger partial charge in [-0.1, -0.05) is 6.92 Å². The molecule has 0 amide bonds. The Balaban J connectivity index is 2.53. The highest BCUT2D eigenvalue weighted by atomic mass is 16.5. The number of nitrogens with two attached hydrogens (primary N) is 1. The van der Waals surface area contributed by atoms with Gasteiger partial charge in [0.05, 0.1) is 7.11 Å². The van der Waals surface area contributed by atoms with Crippen molar-refractivity contribution in [1.29, 1.82) is 0 Å². The monoisotopic (exact) mass is 129 g/mol. The summed E-state index contributed by atoms with van der Waals surface area (Å²) in [5.74, 6) is 0.0138. The van der Waals surface area contributed by atoms with Gasteiger partial charge >= 0.3 is 5.97 Å². The van der Waals surface area contributed by atoms with Crippen molar-refractivity contribution in [3.05, 3.63) is 0 Å². The van der Waals surface area contributed by atoms with Gasteiger partial charge in [0, 0.05) is 0 Å². The van der Waals surface area contributed by atoms with E-state index in [1.807, 2.05) is 6.92 Å². The van der Waals surface area contributed by atoms with Crippen molar-refractivity contribution in [1.82, 2.24) is 0 Å². The fraction of sp³-hybridized carbons (Fsp3) is 0.833. The number of esters is 1. The van der Waals surface area contributed by atoms with E-state index in [9.17, 15) is 4.79 Å². The Labute approximate surface area is 54.2 Å². The van der Waals surface area contributed by atoms with Crippen molar-refractivity contribution in [2.75, 3.05) is 7.11 Å². The summed E-state index contributed by atoms with van der Waals surface area (Å²) in [5.41, 5.74) is 4.93. The zero-order chi connectivity index (χ0) is 7.07. The van der Waals surface area contributed by atoms with Crippen LogP contribution in [0.3, 0.4) is 0 Å². The molecule has 9 heavy (non-hydrogen) atoms. The van der Waals surface area contributed by atoms with Gasteiger partial charge in [-0.3, -0.25) is 4.79 Å². The van der Waals surface area contributed by atoms with Crippen LogP contribution in [0.4, 0.5) is 0 Å². The maximum Gasteiger partial charge on any atom is 0.326 e. The van der Waals surface area contributed by atoms with Gasteiger partial charge in [-0.25, -0.2) is 0 Å². The van der Waals surface area contributed by atoms with Crippen molar-refractivity contribution in [3.8, 4) is 0 Å². The Hall–Kier alpha value is -0.570. The minimum Gasteiger partial charge on any atom is -0.468 e.